The molecule has 2 aliphatic rings. The van der Waals surface area contributed by atoms with Crippen molar-refractivity contribution in [3.8, 4) is 11.4 Å². The first-order chi connectivity index (χ1) is 18.9. The molecule has 1 aromatic heterocycles. The molecule has 2 amide bonds. The second-order valence-electron chi connectivity index (χ2n) is 10.6. The molecule has 0 radical (unpaired) electrons. The van der Waals surface area contributed by atoms with Crippen LogP contribution < -0.4 is 10.6 Å². The minimum Gasteiger partial charge on any atom is -0.340 e. The van der Waals surface area contributed by atoms with Crippen molar-refractivity contribution in [3.63, 3.8) is 0 Å². The van der Waals surface area contributed by atoms with Gasteiger partial charge >= 0.3 is 0 Å². The highest BCUT2D eigenvalue weighted by Gasteiger charge is 2.37. The molecule has 1 aliphatic heterocycles. The predicted octanol–water partition coefficient (Wildman–Crippen LogP) is 2.42. The molecule has 3 atom stereocenters. The zero-order valence-electron chi connectivity index (χ0n) is 22.5. The quantitative estimate of drug-likeness (QED) is 0.389. The van der Waals surface area contributed by atoms with Crippen molar-refractivity contribution in [1.82, 2.24) is 35.2 Å². The number of nitrogens with one attached hydrogen (secondary N) is 2. The van der Waals surface area contributed by atoms with Gasteiger partial charge in [-0.15, -0.1) is 0 Å². The Balaban J connectivity index is 1.17. The van der Waals surface area contributed by atoms with Crippen LogP contribution in [0.4, 0.5) is 4.39 Å². The second kappa shape index (κ2) is 12.0. The summed E-state index contributed by atoms with van der Waals surface area (Å²) in [5.41, 5.74) is 2.46. The summed E-state index contributed by atoms with van der Waals surface area (Å²) in [5.74, 6) is 0.480. The normalized spacial score (nSPS) is 20.0. The molecule has 0 spiro atoms. The van der Waals surface area contributed by atoms with Crippen molar-refractivity contribution in [2.75, 3.05) is 39.8 Å². The van der Waals surface area contributed by atoms with Crippen LogP contribution in [0.5, 0.6) is 0 Å². The van der Waals surface area contributed by atoms with E-state index < -0.39 is 6.04 Å². The van der Waals surface area contributed by atoms with Crippen LogP contribution in [-0.4, -0.2) is 88.2 Å². The molecule has 1 saturated carbocycles. The third-order valence-electron chi connectivity index (χ3n) is 7.59. The number of piperazine rings is 1. The molecule has 2 heterocycles. The molecule has 2 fully saturated rings. The number of halogens is 1. The second-order valence-corrected chi connectivity index (χ2v) is 10.6. The molecule has 2 aromatic carbocycles. The van der Waals surface area contributed by atoms with Crippen molar-refractivity contribution in [2.24, 2.45) is 7.05 Å². The van der Waals surface area contributed by atoms with Crippen molar-refractivity contribution in [1.29, 1.82) is 0 Å². The molecule has 0 unspecified atom stereocenters. The van der Waals surface area contributed by atoms with Gasteiger partial charge in [0.15, 0.2) is 5.82 Å². The summed E-state index contributed by atoms with van der Waals surface area (Å²) in [6.45, 7) is 3.71. The van der Waals surface area contributed by atoms with Gasteiger partial charge in [0.05, 0.1) is 0 Å². The summed E-state index contributed by atoms with van der Waals surface area (Å²) in [4.78, 5) is 34.9. The van der Waals surface area contributed by atoms with Crippen LogP contribution >= 0.6 is 0 Å². The Bertz CT molecular complexity index is 1270. The van der Waals surface area contributed by atoms with Gasteiger partial charge in [-0.3, -0.25) is 14.3 Å². The van der Waals surface area contributed by atoms with E-state index in [-0.39, 0.29) is 17.6 Å². The van der Waals surface area contributed by atoms with E-state index in [1.54, 1.807) is 30.2 Å². The maximum absolute atomic E-state index is 13.4. The Morgan fingerprint density at radius 2 is 1.74 bits per heavy atom. The first-order valence-electron chi connectivity index (χ1n) is 13.6. The number of benzene rings is 2. The number of carbonyl (C=O) groups excluding carboxylic acids is 2. The fraction of sp³-hybridized carbons (Fsp3) is 0.448. The number of hydrogen-bond acceptors (Lipinski definition) is 6. The zero-order valence-corrected chi connectivity index (χ0v) is 22.5. The number of likely N-dealkylation sites (N-methyl/N-ethyl adjacent to an activating group) is 1. The lowest BCUT2D eigenvalue weighted by atomic mass is 10.1. The van der Waals surface area contributed by atoms with E-state index in [2.05, 4.69) is 25.6 Å². The summed E-state index contributed by atoms with van der Waals surface area (Å²) < 4.78 is 14.8. The highest BCUT2D eigenvalue weighted by Crippen LogP contribution is 2.40. The lowest BCUT2D eigenvalue weighted by Crippen LogP contribution is -2.54. The van der Waals surface area contributed by atoms with Gasteiger partial charge in [0, 0.05) is 56.3 Å². The number of carbonyl (C=O) groups is 2. The third-order valence-corrected chi connectivity index (χ3v) is 7.59. The van der Waals surface area contributed by atoms with Crippen molar-refractivity contribution in [3.05, 3.63) is 71.8 Å². The zero-order chi connectivity index (χ0) is 27.4. The highest BCUT2D eigenvalue weighted by atomic mass is 19.1. The van der Waals surface area contributed by atoms with Gasteiger partial charge in [-0.05, 0) is 62.7 Å². The fourth-order valence-electron chi connectivity index (χ4n) is 5.08. The Hall–Kier alpha value is -3.63. The average molecular weight is 534 g/mol. The number of aryl methyl sites for hydroxylation is 1. The van der Waals surface area contributed by atoms with Gasteiger partial charge in [0.25, 0.3) is 5.91 Å². The largest absolute Gasteiger partial charge is 0.340 e. The van der Waals surface area contributed by atoms with Gasteiger partial charge in [-0.1, -0.05) is 24.3 Å². The molecule has 0 bridgehead atoms. The Kier molecular flexibility index (Phi) is 8.33. The van der Waals surface area contributed by atoms with Crippen LogP contribution in [-0.2, 0) is 11.8 Å². The summed E-state index contributed by atoms with van der Waals surface area (Å²) in [6.07, 6.45) is 3.96. The van der Waals surface area contributed by atoms with E-state index in [0.29, 0.717) is 42.9 Å². The van der Waals surface area contributed by atoms with Gasteiger partial charge in [0.1, 0.15) is 18.2 Å². The maximum Gasteiger partial charge on any atom is 0.251 e. The molecule has 39 heavy (non-hydrogen) atoms. The molecular formula is C29H36FN7O2. The predicted molar refractivity (Wildman–Crippen MR) is 147 cm³/mol. The summed E-state index contributed by atoms with van der Waals surface area (Å²) in [5, 5.41) is 10.9. The molecule has 5 rings (SSSR count). The molecule has 1 saturated heterocycles. The van der Waals surface area contributed by atoms with Crippen molar-refractivity contribution in [2.45, 2.75) is 37.3 Å². The first kappa shape index (κ1) is 27.0. The molecule has 1 aliphatic carbocycles. The van der Waals surface area contributed by atoms with Crippen LogP contribution in [0.1, 0.15) is 41.1 Å². The minimum atomic E-state index is -0.591. The topological polar surface area (TPSA) is 95.4 Å². The summed E-state index contributed by atoms with van der Waals surface area (Å²) in [7, 11) is 3.86. The highest BCUT2D eigenvalue weighted by molar-refractivity contribution is 5.97. The van der Waals surface area contributed by atoms with Crippen LogP contribution in [0.25, 0.3) is 11.4 Å². The van der Waals surface area contributed by atoms with E-state index >= 15 is 0 Å². The van der Waals surface area contributed by atoms with E-state index in [9.17, 15) is 14.0 Å². The Labute approximate surface area is 228 Å². The van der Waals surface area contributed by atoms with Crippen LogP contribution in [0.2, 0.25) is 0 Å². The number of aromatic nitrogens is 3. The SMILES string of the molecule is CN1CCN(C(=O)[C@H](CCCN[C@@H]2C[C@H]2c2ccc(F)cc2)NC(=O)c2ccc(-c3ncn(C)n3)cc2)CC1. The number of nitrogens with zero attached hydrogens (tertiary/aromatic N) is 5. The van der Waals surface area contributed by atoms with E-state index in [0.717, 1.165) is 43.6 Å². The van der Waals surface area contributed by atoms with Gasteiger partial charge in [-0.2, -0.15) is 5.10 Å². The monoisotopic (exact) mass is 533 g/mol. The molecule has 10 heteroatoms. The summed E-state index contributed by atoms with van der Waals surface area (Å²) >= 11 is 0. The number of amides is 2. The first-order valence-corrected chi connectivity index (χ1v) is 13.6. The van der Waals surface area contributed by atoms with Gasteiger partial charge in [-0.25, -0.2) is 9.37 Å². The molecule has 206 valence electrons. The van der Waals surface area contributed by atoms with E-state index in [1.807, 2.05) is 36.2 Å². The van der Waals surface area contributed by atoms with Crippen LogP contribution in [0.15, 0.2) is 54.9 Å². The molecule has 9 nitrogen and oxygen atoms in total. The Morgan fingerprint density at radius 1 is 1.03 bits per heavy atom. The van der Waals surface area contributed by atoms with E-state index in [4.69, 9.17) is 0 Å². The Morgan fingerprint density at radius 3 is 2.41 bits per heavy atom. The minimum absolute atomic E-state index is 0.0265. The molecule has 3 aromatic rings. The van der Waals surface area contributed by atoms with Crippen LogP contribution in [0, 0.1) is 5.82 Å². The average Bonchev–Trinajstić information content (AvgIpc) is 3.59. The third kappa shape index (κ3) is 6.88. The summed E-state index contributed by atoms with van der Waals surface area (Å²) in [6, 6.07) is 13.6. The van der Waals surface area contributed by atoms with Crippen molar-refractivity contribution >= 4 is 11.8 Å². The van der Waals surface area contributed by atoms with E-state index in [1.165, 1.54) is 12.1 Å². The lowest BCUT2D eigenvalue weighted by molar-refractivity contribution is -0.135. The molecular weight excluding hydrogens is 497 g/mol. The van der Waals surface area contributed by atoms with Gasteiger partial charge in [0.2, 0.25) is 5.91 Å². The lowest BCUT2D eigenvalue weighted by Gasteiger charge is -2.34. The number of hydrogen-bond donors (Lipinski definition) is 2. The van der Waals surface area contributed by atoms with Crippen molar-refractivity contribution < 1.29 is 14.0 Å². The maximum atomic E-state index is 13.4. The smallest absolute Gasteiger partial charge is 0.251 e. The van der Waals surface area contributed by atoms with Gasteiger partial charge < -0.3 is 20.4 Å². The van der Waals surface area contributed by atoms with Crippen LogP contribution in [0.3, 0.4) is 0 Å². The number of rotatable bonds is 10. The molecule has 2 N–H and O–H groups in total. The standard InChI is InChI=1S/C29H36FN7O2/c1-35-14-16-37(17-15-35)29(39)25(4-3-13-31-26-18-24(26)20-9-11-23(30)12-10-20)33-28(38)22-7-5-21(6-8-22)27-32-19-36(2)34-27/h5-12,19,24-26,31H,3-4,13-18H2,1-2H3,(H,33,38)/t24-,25-,26+/m0/s1. The fourth-order valence-corrected chi connectivity index (χ4v) is 5.08.